The van der Waals surface area contributed by atoms with Gasteiger partial charge in [-0.1, -0.05) is 6.07 Å². The summed E-state index contributed by atoms with van der Waals surface area (Å²) in [4.78, 5) is 87.1. The maximum absolute atomic E-state index is 14.2. The Labute approximate surface area is 380 Å². The van der Waals surface area contributed by atoms with Crippen LogP contribution in [0.3, 0.4) is 0 Å². The molecule has 9 rings (SSSR count). The number of likely N-dealkylation sites (N-methyl/N-ethyl adjacent to an activating group) is 1. The third kappa shape index (κ3) is 10.3. The zero-order valence-electron chi connectivity index (χ0n) is 36.8. The number of nitrogens with zero attached hydrogens (tertiary/aromatic N) is 7. The molecule has 4 aliphatic heterocycles. The molecule has 2 unspecified atom stereocenters. The SMILES string of the molecule is CN(C[C@@H]1CN(CCCNc2cccc3c2C(=O)N(C2CCC(=O)NC2=O)C3=O)CCO1)C[C@H]1CC[C@H](C2N=C(NC(=O)c3coc(-c4ccnc(NCC5CC5)c4)n3)C(C(F)F)=N2)CC1. The van der Waals surface area contributed by atoms with Crippen molar-refractivity contribution >= 4 is 52.6 Å². The van der Waals surface area contributed by atoms with Gasteiger partial charge in [0.1, 0.15) is 30.0 Å². The molecule has 0 bridgehead atoms. The topological polar surface area (TPSA) is 216 Å². The molecule has 0 radical (unpaired) electrons. The molecule has 3 atom stereocenters. The minimum absolute atomic E-state index is 0.0224. The number of benzene rings is 1. The molecule has 350 valence electrons. The number of carbonyl (C=O) groups is 5. The summed E-state index contributed by atoms with van der Waals surface area (Å²) in [5, 5.41) is 11.4. The van der Waals surface area contributed by atoms with E-state index >= 15 is 0 Å². The van der Waals surface area contributed by atoms with Crippen LogP contribution in [0.5, 0.6) is 0 Å². The zero-order valence-corrected chi connectivity index (χ0v) is 36.8. The van der Waals surface area contributed by atoms with Gasteiger partial charge in [0.25, 0.3) is 24.1 Å². The average molecular weight is 912 g/mol. The van der Waals surface area contributed by atoms with E-state index < -0.39 is 53.9 Å². The number of piperidine rings is 1. The standard InChI is InChI=1S/C46H55F2N11O7/c1-57(23-30-24-58(18-19-65-30)17-3-15-49-32-5-2-4-31-37(32)46(64)59(45(31)63)34-12-13-36(60)53-43(34)62)22-27-8-10-28(11-9-27)40-54-38(39(47)48)41(55-40)56-42(61)33-25-66-44(52-33)29-14-16-50-35(20-29)51-21-26-6-7-26/h2,4-5,14,16,20,25-28,30,34,39-40,49H,3,6-13,15,17-19,21-24H2,1H3,(H,50,51)(H,53,60,62)(H,55,56,61)/t27-,28-,30-,34?,40?/m1/s1. The number of imide groups is 2. The van der Waals surface area contributed by atoms with Gasteiger partial charge in [-0.3, -0.25) is 44.1 Å². The highest BCUT2D eigenvalue weighted by atomic mass is 19.3. The van der Waals surface area contributed by atoms with Crippen molar-refractivity contribution in [1.82, 2.24) is 35.3 Å². The Morgan fingerprint density at radius 1 is 0.985 bits per heavy atom. The van der Waals surface area contributed by atoms with Crippen molar-refractivity contribution in [2.75, 3.05) is 70.1 Å². The summed E-state index contributed by atoms with van der Waals surface area (Å²) in [6.07, 6.45) is 5.97. The van der Waals surface area contributed by atoms with Crippen molar-refractivity contribution in [3.8, 4) is 11.5 Å². The number of alkyl halides is 2. The van der Waals surface area contributed by atoms with Crippen LogP contribution in [0.4, 0.5) is 20.3 Å². The first kappa shape index (κ1) is 45.2. The van der Waals surface area contributed by atoms with Crippen molar-refractivity contribution in [3.05, 3.63) is 59.6 Å². The molecule has 4 N–H and O–H groups in total. The second kappa shape index (κ2) is 19.9. The molecule has 20 heteroatoms. The van der Waals surface area contributed by atoms with Gasteiger partial charge in [-0.15, -0.1) is 0 Å². The van der Waals surface area contributed by atoms with Crippen LogP contribution >= 0.6 is 0 Å². The molecule has 0 spiro atoms. The Bertz CT molecular complexity index is 2400. The van der Waals surface area contributed by atoms with E-state index in [4.69, 9.17) is 9.15 Å². The van der Waals surface area contributed by atoms with Crippen molar-refractivity contribution in [2.24, 2.45) is 27.7 Å². The van der Waals surface area contributed by atoms with Crippen LogP contribution in [-0.4, -0.2) is 150 Å². The predicted molar refractivity (Wildman–Crippen MR) is 238 cm³/mol. The number of ether oxygens (including phenoxy) is 1. The Kier molecular flexibility index (Phi) is 13.6. The van der Waals surface area contributed by atoms with Gasteiger partial charge in [0, 0.05) is 75.6 Å². The quantitative estimate of drug-likeness (QED) is 0.111. The largest absolute Gasteiger partial charge is 0.444 e. The predicted octanol–water partition coefficient (Wildman–Crippen LogP) is 4.08. The fraction of sp³-hybridized carbons (Fsp3) is 0.543. The van der Waals surface area contributed by atoms with Crippen molar-refractivity contribution in [2.45, 2.75) is 82.5 Å². The van der Waals surface area contributed by atoms with Crippen LogP contribution < -0.4 is 21.3 Å². The van der Waals surface area contributed by atoms with Gasteiger partial charge in [-0.25, -0.2) is 23.7 Å². The van der Waals surface area contributed by atoms with Crippen LogP contribution in [-0.2, 0) is 14.3 Å². The molecular weight excluding hydrogens is 857 g/mol. The average Bonchev–Trinajstić information content (AvgIpc) is 3.71. The van der Waals surface area contributed by atoms with Gasteiger partial charge in [0.2, 0.25) is 17.7 Å². The van der Waals surface area contributed by atoms with Crippen LogP contribution in [0.25, 0.3) is 11.5 Å². The minimum atomic E-state index is -2.91. The van der Waals surface area contributed by atoms with E-state index in [0.717, 1.165) is 76.3 Å². The number of hydrogen-bond donors (Lipinski definition) is 4. The number of carbonyl (C=O) groups excluding carboxylic acids is 5. The molecule has 1 aromatic carbocycles. The van der Waals surface area contributed by atoms with Gasteiger partial charge in [-0.05, 0) is 94.5 Å². The van der Waals surface area contributed by atoms with E-state index in [1.807, 2.05) is 0 Å². The summed E-state index contributed by atoms with van der Waals surface area (Å²) in [5.74, 6) is -1.12. The first-order valence-corrected chi connectivity index (χ1v) is 23.0. The van der Waals surface area contributed by atoms with Crippen LogP contribution in [0, 0.1) is 17.8 Å². The van der Waals surface area contributed by atoms with Crippen molar-refractivity contribution < 1.29 is 41.9 Å². The van der Waals surface area contributed by atoms with Crippen molar-refractivity contribution in [1.29, 1.82) is 0 Å². The molecule has 18 nitrogen and oxygen atoms in total. The lowest BCUT2D eigenvalue weighted by Gasteiger charge is -2.36. The lowest BCUT2D eigenvalue weighted by atomic mass is 9.80. The summed E-state index contributed by atoms with van der Waals surface area (Å²) in [6.45, 7) is 6.03. The number of aromatic nitrogens is 2. The summed E-state index contributed by atoms with van der Waals surface area (Å²) in [7, 11) is 2.10. The van der Waals surface area contributed by atoms with Crippen LogP contribution in [0.1, 0.15) is 89.0 Å². The zero-order chi connectivity index (χ0) is 45.9. The van der Waals surface area contributed by atoms with E-state index in [0.29, 0.717) is 42.1 Å². The molecule has 2 aromatic heterocycles. The summed E-state index contributed by atoms with van der Waals surface area (Å²) in [5.41, 5.74) is 1.07. The molecule has 4 fully saturated rings. The molecule has 2 saturated heterocycles. The lowest BCUT2D eigenvalue weighted by molar-refractivity contribution is -0.136. The molecular formula is C46H55F2N11O7. The third-order valence-corrected chi connectivity index (χ3v) is 13.3. The second-order valence-electron chi connectivity index (χ2n) is 18.2. The number of amides is 5. The Hall–Kier alpha value is -5.99. The van der Waals surface area contributed by atoms with Gasteiger partial charge < -0.3 is 30.0 Å². The van der Waals surface area contributed by atoms with Gasteiger partial charge >= 0.3 is 0 Å². The first-order valence-electron chi connectivity index (χ1n) is 23.0. The monoisotopic (exact) mass is 911 g/mol. The summed E-state index contributed by atoms with van der Waals surface area (Å²) >= 11 is 0. The number of nitrogens with one attached hydrogen (secondary N) is 4. The molecule has 2 saturated carbocycles. The Balaban J connectivity index is 0.700. The van der Waals surface area contributed by atoms with Gasteiger partial charge in [0.05, 0.1) is 23.8 Å². The number of rotatable bonds is 17. The summed E-state index contributed by atoms with van der Waals surface area (Å²) in [6, 6.07) is 7.55. The van der Waals surface area contributed by atoms with E-state index in [1.54, 1.807) is 36.5 Å². The first-order chi connectivity index (χ1) is 32.0. The van der Waals surface area contributed by atoms with E-state index in [9.17, 15) is 32.8 Å². The highest BCUT2D eigenvalue weighted by Gasteiger charge is 2.46. The van der Waals surface area contributed by atoms with Crippen LogP contribution in [0.15, 0.2) is 57.2 Å². The molecule has 2 aliphatic carbocycles. The highest BCUT2D eigenvalue weighted by molar-refractivity contribution is 6.46. The van der Waals surface area contributed by atoms with E-state index in [1.165, 1.54) is 19.1 Å². The van der Waals surface area contributed by atoms with Crippen molar-refractivity contribution in [3.63, 3.8) is 0 Å². The van der Waals surface area contributed by atoms with Gasteiger partial charge in [0.15, 0.2) is 11.5 Å². The maximum Gasteiger partial charge on any atom is 0.283 e. The number of anilines is 2. The number of aliphatic imine (C=N–C) groups is 2. The molecule has 5 amide bonds. The number of morpholine rings is 1. The third-order valence-electron chi connectivity index (χ3n) is 13.3. The number of halogens is 2. The second-order valence-corrected chi connectivity index (χ2v) is 18.2. The molecule has 6 heterocycles. The number of amidine groups is 1. The fourth-order valence-electron chi connectivity index (χ4n) is 9.62. The Morgan fingerprint density at radius 3 is 2.59 bits per heavy atom. The normalized spacial score (nSPS) is 24.7. The number of oxazole rings is 1. The lowest BCUT2D eigenvalue weighted by Crippen LogP contribution is -2.54. The minimum Gasteiger partial charge on any atom is -0.444 e. The molecule has 66 heavy (non-hydrogen) atoms. The maximum atomic E-state index is 14.2. The molecule has 6 aliphatic rings. The molecule has 3 aromatic rings. The number of fused-ring (bicyclic) bond motifs is 1. The van der Waals surface area contributed by atoms with Gasteiger partial charge in [-0.2, -0.15) is 0 Å². The van der Waals surface area contributed by atoms with E-state index in [2.05, 4.69) is 58.1 Å². The van der Waals surface area contributed by atoms with Crippen LogP contribution in [0.2, 0.25) is 0 Å². The Morgan fingerprint density at radius 2 is 1.80 bits per heavy atom. The summed E-state index contributed by atoms with van der Waals surface area (Å²) < 4.78 is 40.1. The number of pyridine rings is 1. The highest BCUT2D eigenvalue weighted by Crippen LogP contribution is 2.36. The fourth-order valence-corrected chi connectivity index (χ4v) is 9.62. The number of hydrogen-bond acceptors (Lipinski definition) is 15. The van der Waals surface area contributed by atoms with E-state index in [-0.39, 0.29) is 53.4 Å². The smallest absolute Gasteiger partial charge is 0.283 e.